The van der Waals surface area contributed by atoms with Gasteiger partial charge in [0.15, 0.2) is 0 Å². The van der Waals surface area contributed by atoms with E-state index >= 15 is 0 Å². The average molecular weight is 244 g/mol. The molecule has 0 aromatic carbocycles. The van der Waals surface area contributed by atoms with Crippen LogP contribution in [-0.2, 0) is 4.79 Å². The van der Waals surface area contributed by atoms with Crippen LogP contribution < -0.4 is 10.2 Å². The van der Waals surface area contributed by atoms with E-state index < -0.39 is 0 Å². The number of hydrogen-bond donors (Lipinski definition) is 1. The molecular formula is C13H16N4O. The first-order valence-corrected chi connectivity index (χ1v) is 5.92. The summed E-state index contributed by atoms with van der Waals surface area (Å²) in [4.78, 5) is 17.9. The molecule has 0 bridgehead atoms. The number of amides is 1. The standard InChI is InChI=1S/C13H16N4O/c1-13(12(18)15-2)4-6-17(9-13)11-3-5-16-10(7-11)8-14/h3,5,7H,4,6,9H2,1-2H3,(H,15,18). The number of nitrogens with zero attached hydrogens (tertiary/aromatic N) is 3. The van der Waals surface area contributed by atoms with Crippen LogP contribution in [0.2, 0.25) is 0 Å². The van der Waals surface area contributed by atoms with Gasteiger partial charge >= 0.3 is 0 Å². The first kappa shape index (κ1) is 12.4. The lowest BCUT2D eigenvalue weighted by molar-refractivity contribution is -0.128. The second-order valence-corrected chi connectivity index (χ2v) is 4.82. The van der Waals surface area contributed by atoms with Crippen LogP contribution in [0.1, 0.15) is 19.0 Å². The van der Waals surface area contributed by atoms with Gasteiger partial charge in [0.05, 0.1) is 5.41 Å². The predicted octanol–water partition coefficient (Wildman–Crippen LogP) is 0.916. The van der Waals surface area contributed by atoms with Crippen LogP contribution in [0, 0.1) is 16.7 Å². The third kappa shape index (κ3) is 2.14. The van der Waals surface area contributed by atoms with Crippen LogP contribution in [0.15, 0.2) is 18.3 Å². The molecule has 0 spiro atoms. The molecule has 1 amide bonds. The van der Waals surface area contributed by atoms with Crippen LogP contribution in [0.25, 0.3) is 0 Å². The highest BCUT2D eigenvalue weighted by atomic mass is 16.2. The fraction of sp³-hybridized carbons (Fsp3) is 0.462. The maximum Gasteiger partial charge on any atom is 0.227 e. The first-order valence-electron chi connectivity index (χ1n) is 5.92. The third-order valence-corrected chi connectivity index (χ3v) is 3.47. The Balaban J connectivity index is 2.18. The van der Waals surface area contributed by atoms with Crippen LogP contribution in [-0.4, -0.2) is 31.0 Å². The van der Waals surface area contributed by atoms with Crippen LogP contribution in [0.4, 0.5) is 5.69 Å². The number of hydrogen-bond acceptors (Lipinski definition) is 4. The van der Waals surface area contributed by atoms with Gasteiger partial charge in [0.1, 0.15) is 11.8 Å². The minimum atomic E-state index is -0.356. The smallest absolute Gasteiger partial charge is 0.227 e. The summed E-state index contributed by atoms with van der Waals surface area (Å²) in [6.07, 6.45) is 2.44. The molecule has 1 aliphatic heterocycles. The van der Waals surface area contributed by atoms with E-state index in [0.717, 1.165) is 18.7 Å². The molecule has 5 heteroatoms. The molecule has 1 atom stereocenters. The van der Waals surface area contributed by atoms with Gasteiger partial charge in [-0.05, 0) is 25.5 Å². The molecule has 94 valence electrons. The lowest BCUT2D eigenvalue weighted by Crippen LogP contribution is -2.39. The Morgan fingerprint density at radius 1 is 1.67 bits per heavy atom. The van der Waals surface area contributed by atoms with E-state index in [4.69, 9.17) is 5.26 Å². The zero-order chi connectivity index (χ0) is 13.2. The van der Waals surface area contributed by atoms with Crippen molar-refractivity contribution < 1.29 is 4.79 Å². The molecule has 1 aliphatic rings. The molecule has 1 N–H and O–H groups in total. The molecular weight excluding hydrogens is 228 g/mol. The molecule has 1 fully saturated rings. The minimum Gasteiger partial charge on any atom is -0.370 e. The summed E-state index contributed by atoms with van der Waals surface area (Å²) in [5, 5.41) is 11.6. The number of nitriles is 1. The number of rotatable bonds is 2. The highest BCUT2D eigenvalue weighted by Gasteiger charge is 2.39. The van der Waals surface area contributed by atoms with Gasteiger partial charge in [-0.3, -0.25) is 4.79 Å². The molecule has 1 aromatic heterocycles. The summed E-state index contributed by atoms with van der Waals surface area (Å²) >= 11 is 0. The zero-order valence-corrected chi connectivity index (χ0v) is 10.6. The second kappa shape index (κ2) is 4.65. The number of carbonyl (C=O) groups is 1. The number of aromatic nitrogens is 1. The van der Waals surface area contributed by atoms with E-state index in [1.165, 1.54) is 0 Å². The van der Waals surface area contributed by atoms with Crippen LogP contribution in [0.5, 0.6) is 0 Å². The molecule has 5 nitrogen and oxygen atoms in total. The highest BCUT2D eigenvalue weighted by Crippen LogP contribution is 2.33. The van der Waals surface area contributed by atoms with E-state index in [2.05, 4.69) is 15.2 Å². The Labute approximate surface area is 106 Å². The van der Waals surface area contributed by atoms with Gasteiger partial charge in [0.2, 0.25) is 5.91 Å². The normalized spacial score (nSPS) is 22.6. The lowest BCUT2D eigenvalue weighted by atomic mass is 9.89. The van der Waals surface area contributed by atoms with Gasteiger partial charge < -0.3 is 10.2 Å². The SMILES string of the molecule is CNC(=O)C1(C)CCN(c2ccnc(C#N)c2)C1. The van der Waals surface area contributed by atoms with E-state index in [1.807, 2.05) is 19.1 Å². The van der Waals surface area contributed by atoms with Crippen molar-refractivity contribution in [2.75, 3.05) is 25.0 Å². The largest absolute Gasteiger partial charge is 0.370 e. The monoisotopic (exact) mass is 244 g/mol. The topological polar surface area (TPSA) is 69.0 Å². The summed E-state index contributed by atoms with van der Waals surface area (Å²) in [7, 11) is 1.66. The fourth-order valence-electron chi connectivity index (χ4n) is 2.35. The van der Waals surface area contributed by atoms with E-state index in [-0.39, 0.29) is 11.3 Å². The molecule has 1 aromatic rings. The molecule has 0 radical (unpaired) electrons. The Kier molecular flexibility index (Phi) is 3.19. The lowest BCUT2D eigenvalue weighted by Gasteiger charge is -2.23. The second-order valence-electron chi connectivity index (χ2n) is 4.82. The number of anilines is 1. The van der Waals surface area contributed by atoms with Crippen molar-refractivity contribution in [3.8, 4) is 6.07 Å². The van der Waals surface area contributed by atoms with Gasteiger partial charge in [-0.25, -0.2) is 4.98 Å². The number of pyridine rings is 1. The maximum absolute atomic E-state index is 11.8. The van der Waals surface area contributed by atoms with Crippen LogP contribution >= 0.6 is 0 Å². The predicted molar refractivity (Wildman–Crippen MR) is 68.0 cm³/mol. The van der Waals surface area contributed by atoms with Crippen molar-refractivity contribution in [1.82, 2.24) is 10.3 Å². The number of carbonyl (C=O) groups excluding carboxylic acids is 1. The van der Waals surface area contributed by atoms with E-state index in [0.29, 0.717) is 12.2 Å². The summed E-state index contributed by atoms with van der Waals surface area (Å²) in [6.45, 7) is 3.46. The van der Waals surface area contributed by atoms with Crippen LogP contribution in [0.3, 0.4) is 0 Å². The van der Waals surface area contributed by atoms with Gasteiger partial charge in [0, 0.05) is 32.0 Å². The summed E-state index contributed by atoms with van der Waals surface area (Å²) in [5.41, 5.74) is 1.00. The maximum atomic E-state index is 11.8. The molecule has 18 heavy (non-hydrogen) atoms. The minimum absolute atomic E-state index is 0.0690. The van der Waals surface area contributed by atoms with Crippen molar-refractivity contribution in [3.05, 3.63) is 24.0 Å². The van der Waals surface area contributed by atoms with Crippen molar-refractivity contribution in [2.24, 2.45) is 5.41 Å². The molecule has 1 unspecified atom stereocenters. The Morgan fingerprint density at radius 3 is 3.11 bits per heavy atom. The van der Waals surface area contributed by atoms with Crippen molar-refractivity contribution in [3.63, 3.8) is 0 Å². The van der Waals surface area contributed by atoms with E-state index in [1.54, 1.807) is 19.3 Å². The zero-order valence-electron chi connectivity index (χ0n) is 10.6. The Bertz CT molecular complexity index is 508. The Morgan fingerprint density at radius 2 is 2.44 bits per heavy atom. The Hall–Kier alpha value is -2.09. The quantitative estimate of drug-likeness (QED) is 0.839. The molecule has 2 heterocycles. The van der Waals surface area contributed by atoms with Crippen molar-refractivity contribution in [1.29, 1.82) is 5.26 Å². The summed E-state index contributed by atoms with van der Waals surface area (Å²) in [6, 6.07) is 5.66. The molecule has 0 aliphatic carbocycles. The molecule has 0 saturated carbocycles. The summed E-state index contributed by atoms with van der Waals surface area (Å²) < 4.78 is 0. The third-order valence-electron chi connectivity index (χ3n) is 3.47. The first-order chi connectivity index (χ1) is 8.59. The van der Waals surface area contributed by atoms with Gasteiger partial charge in [-0.1, -0.05) is 0 Å². The van der Waals surface area contributed by atoms with Crippen molar-refractivity contribution in [2.45, 2.75) is 13.3 Å². The molecule has 1 saturated heterocycles. The van der Waals surface area contributed by atoms with Gasteiger partial charge in [-0.2, -0.15) is 5.26 Å². The fourth-order valence-corrected chi connectivity index (χ4v) is 2.35. The average Bonchev–Trinajstić information content (AvgIpc) is 2.82. The number of nitrogens with one attached hydrogen (secondary N) is 1. The summed E-state index contributed by atoms with van der Waals surface area (Å²) in [5.74, 6) is 0.0690. The van der Waals surface area contributed by atoms with Gasteiger partial charge in [-0.15, -0.1) is 0 Å². The van der Waals surface area contributed by atoms with Gasteiger partial charge in [0.25, 0.3) is 0 Å². The molecule has 2 rings (SSSR count). The van der Waals surface area contributed by atoms with Crippen molar-refractivity contribution >= 4 is 11.6 Å². The van der Waals surface area contributed by atoms with E-state index in [9.17, 15) is 4.79 Å². The highest BCUT2D eigenvalue weighted by molar-refractivity contribution is 5.83.